The molecule has 1 unspecified atom stereocenters. The van der Waals surface area contributed by atoms with E-state index in [4.69, 9.17) is 17.4 Å². The zero-order valence-corrected chi connectivity index (χ0v) is 8.72. The average molecular weight is 209 g/mol. The zero-order valence-electron chi connectivity index (χ0n) is 7.96. The van der Waals surface area contributed by atoms with Crippen molar-refractivity contribution in [1.82, 2.24) is 0 Å². The van der Waals surface area contributed by atoms with Gasteiger partial charge in [0.1, 0.15) is 0 Å². The van der Waals surface area contributed by atoms with Gasteiger partial charge in [0.05, 0.1) is 5.69 Å². The summed E-state index contributed by atoms with van der Waals surface area (Å²) in [5.74, 6) is 6.57. The van der Waals surface area contributed by atoms with Crippen LogP contribution in [0.5, 0.6) is 0 Å². The molecule has 3 rings (SSSR count). The molecule has 0 spiro atoms. The summed E-state index contributed by atoms with van der Waals surface area (Å²) in [7, 11) is 0. The van der Waals surface area contributed by atoms with E-state index in [1.54, 1.807) is 0 Å². The Labute approximate surface area is 88.6 Å². The molecule has 2 nitrogen and oxygen atoms in total. The molecular weight excluding hydrogens is 196 g/mol. The van der Waals surface area contributed by atoms with Gasteiger partial charge in [0, 0.05) is 17.5 Å². The highest BCUT2D eigenvalue weighted by Crippen LogP contribution is 2.45. The Balaban J connectivity index is 2.25. The largest absolute Gasteiger partial charge is 0.310 e. The highest BCUT2D eigenvalue weighted by molar-refractivity contribution is 6.31. The van der Waals surface area contributed by atoms with Gasteiger partial charge in [-0.2, -0.15) is 0 Å². The van der Waals surface area contributed by atoms with Crippen LogP contribution in [0.2, 0.25) is 5.02 Å². The highest BCUT2D eigenvalue weighted by atomic mass is 35.5. The van der Waals surface area contributed by atoms with Crippen molar-refractivity contribution in [3.63, 3.8) is 0 Å². The van der Waals surface area contributed by atoms with Crippen LogP contribution in [0.1, 0.15) is 29.9 Å². The van der Waals surface area contributed by atoms with Gasteiger partial charge in [0.2, 0.25) is 0 Å². The second-order valence-corrected chi connectivity index (χ2v) is 4.61. The maximum Gasteiger partial charge on any atom is 0.0556 e. The van der Waals surface area contributed by atoms with Crippen molar-refractivity contribution in [2.75, 3.05) is 11.6 Å². The Morgan fingerprint density at radius 1 is 1.43 bits per heavy atom. The molecule has 0 amide bonds. The van der Waals surface area contributed by atoms with Crippen LogP contribution in [0.15, 0.2) is 12.1 Å². The van der Waals surface area contributed by atoms with E-state index >= 15 is 0 Å². The molecular formula is C11H13ClN2. The Bertz CT molecular complexity index is 389. The minimum absolute atomic E-state index is 0.623. The maximum atomic E-state index is 6.20. The number of hydrogen-bond donors (Lipinski definition) is 1. The van der Waals surface area contributed by atoms with E-state index in [9.17, 15) is 0 Å². The number of nitrogens with zero attached hydrogens (tertiary/aromatic N) is 1. The zero-order chi connectivity index (χ0) is 9.71. The lowest BCUT2D eigenvalue weighted by Gasteiger charge is -2.20. The molecule has 0 saturated carbocycles. The standard InChI is InChI=1S/C11H13ClN2/c12-9-4-5-10-11-7(6-14(10)13)2-1-3-8(9)11/h4-5,7H,1-3,6,13H2. The van der Waals surface area contributed by atoms with Crippen LogP contribution in [-0.4, -0.2) is 6.54 Å². The molecule has 0 aromatic heterocycles. The summed E-state index contributed by atoms with van der Waals surface area (Å²) in [6, 6.07) is 4.02. The first-order chi connectivity index (χ1) is 6.77. The third kappa shape index (κ3) is 1.01. The smallest absolute Gasteiger partial charge is 0.0556 e. The van der Waals surface area contributed by atoms with Gasteiger partial charge >= 0.3 is 0 Å². The minimum Gasteiger partial charge on any atom is -0.310 e. The molecule has 1 aromatic carbocycles. The molecule has 14 heavy (non-hydrogen) atoms. The Kier molecular flexibility index (Phi) is 1.76. The van der Waals surface area contributed by atoms with E-state index in [1.165, 1.54) is 29.7 Å². The summed E-state index contributed by atoms with van der Waals surface area (Å²) in [6.45, 7) is 0.961. The lowest BCUT2D eigenvalue weighted by molar-refractivity contribution is 0.575. The van der Waals surface area contributed by atoms with Gasteiger partial charge in [0.25, 0.3) is 0 Å². The molecule has 2 N–H and O–H groups in total. The van der Waals surface area contributed by atoms with Crippen molar-refractivity contribution in [3.8, 4) is 0 Å². The van der Waals surface area contributed by atoms with Crippen LogP contribution in [0.25, 0.3) is 0 Å². The SMILES string of the molecule is NN1CC2CCCc3c(Cl)ccc1c32. The average Bonchev–Trinajstić information content (AvgIpc) is 2.50. The molecule has 0 radical (unpaired) electrons. The van der Waals surface area contributed by atoms with E-state index < -0.39 is 0 Å². The number of anilines is 1. The van der Waals surface area contributed by atoms with Crippen LogP contribution in [0.3, 0.4) is 0 Å². The first kappa shape index (κ1) is 8.57. The van der Waals surface area contributed by atoms with Crippen LogP contribution in [-0.2, 0) is 6.42 Å². The van der Waals surface area contributed by atoms with E-state index in [2.05, 4.69) is 0 Å². The lowest BCUT2D eigenvalue weighted by Crippen LogP contribution is -2.29. The third-order valence-corrected chi connectivity index (χ3v) is 3.75. The number of nitrogens with two attached hydrogens (primary N) is 1. The predicted octanol–water partition coefficient (Wildman–Crippen LogP) is 2.45. The number of rotatable bonds is 0. The number of benzene rings is 1. The topological polar surface area (TPSA) is 29.3 Å². The third-order valence-electron chi connectivity index (χ3n) is 3.39. The molecule has 3 heteroatoms. The van der Waals surface area contributed by atoms with Gasteiger partial charge in [-0.3, -0.25) is 0 Å². The fourth-order valence-corrected chi connectivity index (χ4v) is 3.03. The summed E-state index contributed by atoms with van der Waals surface area (Å²) in [5, 5.41) is 2.79. The van der Waals surface area contributed by atoms with Gasteiger partial charge in [0.15, 0.2) is 0 Å². The quantitative estimate of drug-likeness (QED) is 0.664. The minimum atomic E-state index is 0.623. The molecule has 1 aliphatic heterocycles. The maximum absolute atomic E-state index is 6.20. The van der Waals surface area contributed by atoms with Gasteiger partial charge in [-0.25, -0.2) is 5.84 Å². The van der Waals surface area contributed by atoms with Gasteiger partial charge < -0.3 is 5.01 Å². The van der Waals surface area contributed by atoms with Crippen LogP contribution < -0.4 is 10.9 Å². The van der Waals surface area contributed by atoms with Crippen LogP contribution >= 0.6 is 11.6 Å². The Morgan fingerprint density at radius 3 is 3.14 bits per heavy atom. The van der Waals surface area contributed by atoms with Crippen LogP contribution in [0.4, 0.5) is 5.69 Å². The second-order valence-electron chi connectivity index (χ2n) is 4.20. The Hall–Kier alpha value is -0.730. The molecule has 0 bridgehead atoms. The number of hydrogen-bond acceptors (Lipinski definition) is 2. The van der Waals surface area contributed by atoms with Gasteiger partial charge in [-0.1, -0.05) is 11.6 Å². The predicted molar refractivity (Wildman–Crippen MR) is 58.7 cm³/mol. The van der Waals surface area contributed by atoms with E-state index in [-0.39, 0.29) is 0 Å². The van der Waals surface area contributed by atoms with E-state index in [1.807, 2.05) is 17.1 Å². The lowest BCUT2D eigenvalue weighted by atomic mass is 9.84. The summed E-state index contributed by atoms with van der Waals surface area (Å²) >= 11 is 6.20. The second kappa shape index (κ2) is 2.88. The first-order valence-electron chi connectivity index (χ1n) is 5.11. The molecule has 0 saturated heterocycles. The van der Waals surface area contributed by atoms with E-state index in [0.29, 0.717) is 5.92 Å². The van der Waals surface area contributed by atoms with Crippen molar-refractivity contribution < 1.29 is 0 Å². The molecule has 1 heterocycles. The summed E-state index contributed by atoms with van der Waals surface area (Å²) < 4.78 is 0. The fourth-order valence-electron chi connectivity index (χ4n) is 2.77. The first-order valence-corrected chi connectivity index (χ1v) is 5.48. The molecule has 2 aliphatic rings. The van der Waals surface area contributed by atoms with Gasteiger partial charge in [-0.05, 0) is 42.5 Å². The highest BCUT2D eigenvalue weighted by Gasteiger charge is 2.32. The van der Waals surface area contributed by atoms with Crippen molar-refractivity contribution in [3.05, 3.63) is 28.3 Å². The number of halogens is 1. The fraction of sp³-hybridized carbons (Fsp3) is 0.455. The van der Waals surface area contributed by atoms with Crippen molar-refractivity contribution in [2.24, 2.45) is 5.84 Å². The van der Waals surface area contributed by atoms with Crippen molar-refractivity contribution in [2.45, 2.75) is 25.2 Å². The summed E-state index contributed by atoms with van der Waals surface area (Å²) in [6.07, 6.45) is 3.62. The Morgan fingerprint density at radius 2 is 2.29 bits per heavy atom. The summed E-state index contributed by atoms with van der Waals surface area (Å²) in [4.78, 5) is 0. The molecule has 1 atom stereocenters. The van der Waals surface area contributed by atoms with Gasteiger partial charge in [-0.15, -0.1) is 0 Å². The number of hydrazine groups is 1. The van der Waals surface area contributed by atoms with Crippen molar-refractivity contribution >= 4 is 17.3 Å². The molecule has 1 aromatic rings. The molecule has 0 fully saturated rings. The monoisotopic (exact) mass is 208 g/mol. The van der Waals surface area contributed by atoms with Crippen LogP contribution in [0, 0.1) is 0 Å². The van der Waals surface area contributed by atoms with E-state index in [0.717, 1.165) is 18.0 Å². The normalized spacial score (nSPS) is 23.9. The molecule has 74 valence electrons. The van der Waals surface area contributed by atoms with Crippen molar-refractivity contribution in [1.29, 1.82) is 0 Å². The molecule has 1 aliphatic carbocycles. The summed E-state index contributed by atoms with van der Waals surface area (Å²) in [5.41, 5.74) is 3.95.